The van der Waals surface area contributed by atoms with Crippen LogP contribution in [-0.4, -0.2) is 85.8 Å². The Morgan fingerprint density at radius 1 is 0.682 bits per heavy atom. The maximum Gasteiger partial charge on any atom is 0.198 e. The van der Waals surface area contributed by atoms with E-state index in [-0.39, 0.29) is 50.6 Å². The molecule has 3 aliphatic carbocycles. The quantitative estimate of drug-likeness (QED) is 0.199. The number of phenolic OH excluding ortho intramolecular Hbond substituents is 3. The van der Waals surface area contributed by atoms with Crippen molar-refractivity contribution in [3.63, 3.8) is 0 Å². The predicted octanol–water partition coefficient (Wildman–Crippen LogP) is 2.12. The van der Waals surface area contributed by atoms with Gasteiger partial charge in [0.2, 0.25) is 0 Å². The van der Waals surface area contributed by atoms with E-state index in [4.69, 9.17) is 9.47 Å². The van der Waals surface area contributed by atoms with E-state index >= 15 is 0 Å². The van der Waals surface area contributed by atoms with Gasteiger partial charge in [0.15, 0.2) is 23.1 Å². The maximum absolute atomic E-state index is 14.3. The van der Waals surface area contributed by atoms with Crippen LogP contribution < -0.4 is 9.47 Å². The lowest BCUT2D eigenvalue weighted by Gasteiger charge is -2.41. The average molecular weight is 603 g/mol. The second-order valence-electron chi connectivity index (χ2n) is 11.2. The molecule has 0 unspecified atom stereocenters. The Hall–Kier alpha value is -5.04. The molecule has 3 aliphatic rings. The Kier molecular flexibility index (Phi) is 6.26. The summed E-state index contributed by atoms with van der Waals surface area (Å²) < 4.78 is 11.0. The Morgan fingerprint density at radius 2 is 1.16 bits per heavy atom. The molecule has 6 N–H and O–H groups in total. The number of carbonyl (C=O) groups is 4. The van der Waals surface area contributed by atoms with Gasteiger partial charge >= 0.3 is 0 Å². The first-order valence-corrected chi connectivity index (χ1v) is 13.4. The molecule has 226 valence electrons. The number of methoxy groups -OCH3 is 2. The SMILES string of the molecule is COc1cc(O)c2c(c1-c1c(OC)cc(O)c3c1C(=O)c1cc(C)c(O)cc1C3=O)C(=O)C1=C(C[C@@H](O)[C@@](C)(O)[C@@H]1O)C2=O. The number of fused-ring (bicyclic) bond motifs is 3. The number of hydrogen-bond acceptors (Lipinski definition) is 12. The molecule has 3 atom stereocenters. The third-order valence-electron chi connectivity index (χ3n) is 8.71. The summed E-state index contributed by atoms with van der Waals surface area (Å²) >= 11 is 0. The van der Waals surface area contributed by atoms with Gasteiger partial charge in [0.1, 0.15) is 40.5 Å². The summed E-state index contributed by atoms with van der Waals surface area (Å²) in [5.74, 6) is -5.57. The minimum Gasteiger partial charge on any atom is -0.508 e. The van der Waals surface area contributed by atoms with Gasteiger partial charge in [-0.3, -0.25) is 19.2 Å². The van der Waals surface area contributed by atoms with E-state index in [0.717, 1.165) is 25.1 Å². The number of carbonyl (C=O) groups excluding carboxylic acids is 4. The molecule has 44 heavy (non-hydrogen) atoms. The fourth-order valence-corrected chi connectivity index (χ4v) is 6.27. The number of rotatable bonds is 3. The van der Waals surface area contributed by atoms with Crippen molar-refractivity contribution in [2.75, 3.05) is 14.2 Å². The van der Waals surface area contributed by atoms with Gasteiger partial charge in [0.05, 0.1) is 31.5 Å². The second-order valence-corrected chi connectivity index (χ2v) is 11.2. The van der Waals surface area contributed by atoms with E-state index < -0.39 is 86.7 Å². The third kappa shape index (κ3) is 3.62. The van der Waals surface area contributed by atoms with Crippen LogP contribution in [0.2, 0.25) is 0 Å². The number of aliphatic hydroxyl groups is 3. The van der Waals surface area contributed by atoms with Crippen LogP contribution in [0.5, 0.6) is 28.7 Å². The maximum atomic E-state index is 14.3. The van der Waals surface area contributed by atoms with Crippen molar-refractivity contribution in [1.29, 1.82) is 0 Å². The number of phenols is 3. The molecule has 12 nitrogen and oxygen atoms in total. The Bertz CT molecular complexity index is 1930. The van der Waals surface area contributed by atoms with E-state index in [9.17, 15) is 49.8 Å². The lowest BCUT2D eigenvalue weighted by molar-refractivity contribution is -0.126. The van der Waals surface area contributed by atoms with Crippen LogP contribution in [-0.2, 0) is 0 Å². The van der Waals surface area contributed by atoms with Gasteiger partial charge in [-0.05, 0) is 31.5 Å². The van der Waals surface area contributed by atoms with Crippen LogP contribution in [0.3, 0.4) is 0 Å². The molecule has 0 heterocycles. The van der Waals surface area contributed by atoms with Crippen LogP contribution >= 0.6 is 0 Å². The number of hydrogen-bond donors (Lipinski definition) is 6. The zero-order valence-corrected chi connectivity index (χ0v) is 23.8. The summed E-state index contributed by atoms with van der Waals surface area (Å²) in [5.41, 5.74) is -5.47. The highest BCUT2D eigenvalue weighted by Crippen LogP contribution is 2.53. The first-order valence-electron chi connectivity index (χ1n) is 13.4. The summed E-state index contributed by atoms with van der Waals surface area (Å²) in [5, 5.41) is 64.5. The second kappa shape index (κ2) is 9.48. The van der Waals surface area contributed by atoms with Crippen molar-refractivity contribution in [3.8, 4) is 39.9 Å². The molecule has 0 radical (unpaired) electrons. The van der Waals surface area contributed by atoms with E-state index in [2.05, 4.69) is 0 Å². The van der Waals surface area contributed by atoms with Crippen LogP contribution in [0, 0.1) is 6.92 Å². The van der Waals surface area contributed by atoms with E-state index in [1.807, 2.05) is 0 Å². The topological polar surface area (TPSA) is 208 Å². The Balaban J connectivity index is 1.74. The average Bonchev–Trinajstić information content (AvgIpc) is 2.97. The summed E-state index contributed by atoms with van der Waals surface area (Å²) in [6.07, 6.45) is -4.14. The van der Waals surface area contributed by atoms with E-state index in [1.54, 1.807) is 0 Å². The highest BCUT2D eigenvalue weighted by Gasteiger charge is 2.52. The lowest BCUT2D eigenvalue weighted by Crippen LogP contribution is -2.56. The molecule has 6 rings (SSSR count). The minimum absolute atomic E-state index is 0.113. The fraction of sp³-hybridized carbons (Fsp3) is 0.250. The number of Topliss-reactive ketones (excluding diaryl/α,β-unsaturated/α-hetero) is 2. The number of ketones is 4. The predicted molar refractivity (Wildman–Crippen MR) is 151 cm³/mol. The molecule has 0 bridgehead atoms. The third-order valence-corrected chi connectivity index (χ3v) is 8.71. The normalized spacial score (nSPS) is 22.3. The van der Waals surface area contributed by atoms with Gasteiger partial charge in [-0.1, -0.05) is 0 Å². The number of benzene rings is 3. The summed E-state index contributed by atoms with van der Waals surface area (Å²) in [6.45, 7) is 2.62. The molecule has 3 aromatic rings. The molecule has 0 aromatic heterocycles. The molecule has 0 aliphatic heterocycles. The largest absolute Gasteiger partial charge is 0.508 e. The summed E-state index contributed by atoms with van der Waals surface area (Å²) in [6, 6.07) is 4.48. The molecule has 0 fully saturated rings. The highest BCUT2D eigenvalue weighted by atomic mass is 16.5. The molecular formula is C32H26O12. The van der Waals surface area contributed by atoms with Crippen molar-refractivity contribution in [2.24, 2.45) is 0 Å². The van der Waals surface area contributed by atoms with Crippen molar-refractivity contribution in [2.45, 2.75) is 38.1 Å². The summed E-state index contributed by atoms with van der Waals surface area (Å²) in [7, 11) is 2.39. The zero-order chi connectivity index (χ0) is 32.2. The molecule has 0 saturated carbocycles. The summed E-state index contributed by atoms with van der Waals surface area (Å²) in [4.78, 5) is 56.0. The van der Waals surface area contributed by atoms with Gasteiger partial charge < -0.3 is 40.1 Å². The van der Waals surface area contributed by atoms with Crippen molar-refractivity contribution in [1.82, 2.24) is 0 Å². The van der Waals surface area contributed by atoms with Gasteiger partial charge in [-0.15, -0.1) is 0 Å². The van der Waals surface area contributed by atoms with Gasteiger partial charge in [0, 0.05) is 63.1 Å². The van der Waals surface area contributed by atoms with E-state index in [1.165, 1.54) is 27.2 Å². The molecular weight excluding hydrogens is 576 g/mol. The van der Waals surface area contributed by atoms with E-state index in [0.29, 0.717) is 0 Å². The van der Waals surface area contributed by atoms with Crippen LogP contribution in [0.15, 0.2) is 35.4 Å². The van der Waals surface area contributed by atoms with Crippen LogP contribution in [0.1, 0.15) is 71.5 Å². The van der Waals surface area contributed by atoms with Crippen molar-refractivity contribution >= 4 is 23.1 Å². The Labute approximate surface area is 249 Å². The van der Waals surface area contributed by atoms with Crippen molar-refractivity contribution in [3.05, 3.63) is 74.4 Å². The molecule has 3 aromatic carbocycles. The number of aryl methyl sites for hydroxylation is 1. The number of aromatic hydroxyl groups is 3. The minimum atomic E-state index is -2.22. The van der Waals surface area contributed by atoms with Crippen molar-refractivity contribution < 1.29 is 59.3 Å². The first kappa shape index (κ1) is 29.1. The zero-order valence-electron chi connectivity index (χ0n) is 23.8. The highest BCUT2D eigenvalue weighted by molar-refractivity contribution is 6.34. The molecule has 0 amide bonds. The van der Waals surface area contributed by atoms with Gasteiger partial charge in [-0.2, -0.15) is 0 Å². The fourth-order valence-electron chi connectivity index (χ4n) is 6.27. The Morgan fingerprint density at radius 3 is 1.70 bits per heavy atom. The van der Waals surface area contributed by atoms with Gasteiger partial charge in [0.25, 0.3) is 0 Å². The first-order chi connectivity index (χ1) is 20.7. The molecule has 12 heteroatoms. The standard InChI is InChI=1S/C32H26O12/c1-10-5-11-12(6-14(10)33)27(37)21-15(34)8-17(43-3)23(25(21)28(11)38)24-18(44-4)9-16(35)22-26(24)30(40)20-13(29(22)39)7-19(36)32(2,42)31(20)41/h5-6,8-9,19,31,33-36,41-42H,7H2,1-4H3/t19-,31-,32-/m1/s1. The molecule has 0 spiro atoms. The van der Waals surface area contributed by atoms with Crippen LogP contribution in [0.25, 0.3) is 11.1 Å². The number of ether oxygens (including phenoxy) is 2. The van der Waals surface area contributed by atoms with Crippen LogP contribution in [0.4, 0.5) is 0 Å². The smallest absolute Gasteiger partial charge is 0.198 e. The molecule has 0 saturated heterocycles. The monoisotopic (exact) mass is 602 g/mol. The van der Waals surface area contributed by atoms with Gasteiger partial charge in [-0.25, -0.2) is 0 Å². The number of aliphatic hydroxyl groups excluding tert-OH is 2. The lowest BCUT2D eigenvalue weighted by atomic mass is 9.68.